The number of carbonyl (C=O) groups excluding carboxylic acids is 2. The minimum atomic E-state index is -4.57. The topological polar surface area (TPSA) is 71.2 Å². The highest BCUT2D eigenvalue weighted by Crippen LogP contribution is 2.39. The van der Waals surface area contributed by atoms with Gasteiger partial charge in [0.1, 0.15) is 0 Å². The number of aryl methyl sites for hydroxylation is 2. The molecule has 2 N–H and O–H groups in total. The molecule has 5 nitrogen and oxygen atoms in total. The fourth-order valence-electron chi connectivity index (χ4n) is 5.34. The van der Waals surface area contributed by atoms with Crippen molar-refractivity contribution in [1.82, 2.24) is 10.3 Å². The number of ether oxygens (including phenoxy) is 1. The van der Waals surface area contributed by atoms with Crippen molar-refractivity contribution >= 4 is 22.8 Å². The Hall–Kier alpha value is -4.28. The number of halogens is 6. The molecule has 0 saturated heterocycles. The van der Waals surface area contributed by atoms with E-state index < -0.39 is 47.4 Å². The lowest BCUT2D eigenvalue weighted by Crippen LogP contribution is -2.44. The van der Waals surface area contributed by atoms with Gasteiger partial charge in [-0.15, -0.1) is 0 Å². The van der Waals surface area contributed by atoms with Gasteiger partial charge in [0.05, 0.1) is 17.0 Å². The molecule has 0 fully saturated rings. The molecule has 2 heterocycles. The van der Waals surface area contributed by atoms with Gasteiger partial charge in [-0.25, -0.2) is 0 Å². The summed E-state index contributed by atoms with van der Waals surface area (Å²) in [5.74, 6) is -2.34. The first-order valence-electron chi connectivity index (χ1n) is 13.2. The molecule has 42 heavy (non-hydrogen) atoms. The smallest absolute Gasteiger partial charge is 0.416 e. The Morgan fingerprint density at radius 1 is 0.905 bits per heavy atom. The number of para-hydroxylation sites is 1. The largest absolute Gasteiger partial charge is 0.451 e. The molecular weight excluding hydrogens is 562 g/mol. The van der Waals surface area contributed by atoms with Crippen LogP contribution in [0.1, 0.15) is 51.4 Å². The number of esters is 1. The second-order valence-corrected chi connectivity index (χ2v) is 10.3. The number of benzene rings is 3. The summed E-state index contributed by atoms with van der Waals surface area (Å²) >= 11 is 0. The van der Waals surface area contributed by atoms with Gasteiger partial charge in [0.2, 0.25) is 0 Å². The van der Waals surface area contributed by atoms with Crippen LogP contribution in [0.2, 0.25) is 0 Å². The maximum absolute atomic E-state index is 13.3. The zero-order valence-electron chi connectivity index (χ0n) is 22.3. The van der Waals surface area contributed by atoms with Crippen LogP contribution >= 0.6 is 0 Å². The van der Waals surface area contributed by atoms with Gasteiger partial charge in [-0.1, -0.05) is 42.5 Å². The SMILES string of the molecule is Cc1cccc2c3c([nH]c12)[C@@H](c1ccc(C(F)(F)F)cc1)[C@H](OC(=O)CCc1ccc(C(F)(F)F)cc1)C(=O)NCC3. The monoisotopic (exact) mass is 588 g/mol. The lowest BCUT2D eigenvalue weighted by Gasteiger charge is -2.29. The van der Waals surface area contributed by atoms with E-state index in [1.807, 2.05) is 25.1 Å². The zero-order chi connectivity index (χ0) is 30.2. The first-order valence-corrected chi connectivity index (χ1v) is 13.2. The summed E-state index contributed by atoms with van der Waals surface area (Å²) in [7, 11) is 0. The summed E-state index contributed by atoms with van der Waals surface area (Å²) < 4.78 is 84.3. The number of H-pyrrole nitrogens is 1. The molecule has 1 aromatic heterocycles. The van der Waals surface area contributed by atoms with Crippen molar-refractivity contribution in [3.05, 3.63) is 106 Å². The predicted molar refractivity (Wildman–Crippen MR) is 143 cm³/mol. The predicted octanol–water partition coefficient (Wildman–Crippen LogP) is 6.86. The molecule has 5 rings (SSSR count). The van der Waals surface area contributed by atoms with Crippen LogP contribution in [0.5, 0.6) is 0 Å². The number of rotatable bonds is 5. The molecule has 4 aromatic rings. The molecule has 1 amide bonds. The number of alkyl halides is 6. The molecule has 2 atom stereocenters. The van der Waals surface area contributed by atoms with E-state index in [9.17, 15) is 35.9 Å². The average Bonchev–Trinajstić information content (AvgIpc) is 3.29. The van der Waals surface area contributed by atoms with E-state index in [0.717, 1.165) is 46.3 Å². The minimum absolute atomic E-state index is 0.0626. The Morgan fingerprint density at radius 2 is 1.52 bits per heavy atom. The van der Waals surface area contributed by atoms with Gasteiger partial charge in [0.25, 0.3) is 5.91 Å². The summed E-state index contributed by atoms with van der Waals surface area (Å²) in [6.45, 7) is 2.15. The van der Waals surface area contributed by atoms with E-state index in [1.54, 1.807) is 0 Å². The fourth-order valence-corrected chi connectivity index (χ4v) is 5.34. The third kappa shape index (κ3) is 6.00. The molecule has 220 valence electrons. The summed E-state index contributed by atoms with van der Waals surface area (Å²) in [6, 6.07) is 14.5. The first-order chi connectivity index (χ1) is 19.8. The average molecular weight is 589 g/mol. The molecule has 0 aliphatic carbocycles. The molecular formula is C31H26F6N2O3. The van der Waals surface area contributed by atoms with Crippen molar-refractivity contribution in [2.75, 3.05) is 6.54 Å². The zero-order valence-corrected chi connectivity index (χ0v) is 22.3. The van der Waals surface area contributed by atoms with Crippen LogP contribution in [0.15, 0.2) is 66.7 Å². The summed E-state index contributed by atoms with van der Waals surface area (Å²) in [5.41, 5.74) is 2.28. The van der Waals surface area contributed by atoms with Gasteiger partial charge >= 0.3 is 18.3 Å². The quantitative estimate of drug-likeness (QED) is 0.198. The van der Waals surface area contributed by atoms with E-state index in [0.29, 0.717) is 23.2 Å². The molecule has 1 aliphatic heterocycles. The van der Waals surface area contributed by atoms with Crippen molar-refractivity contribution in [2.24, 2.45) is 0 Å². The van der Waals surface area contributed by atoms with E-state index in [1.165, 1.54) is 24.3 Å². The molecule has 0 spiro atoms. The third-order valence-corrected chi connectivity index (χ3v) is 7.48. The van der Waals surface area contributed by atoms with Gasteiger partial charge in [-0.3, -0.25) is 9.59 Å². The van der Waals surface area contributed by atoms with Gasteiger partial charge < -0.3 is 15.0 Å². The van der Waals surface area contributed by atoms with Crippen molar-refractivity contribution in [1.29, 1.82) is 0 Å². The molecule has 0 bridgehead atoms. The number of nitrogens with one attached hydrogen (secondary N) is 2. The molecule has 0 unspecified atom stereocenters. The van der Waals surface area contributed by atoms with Crippen LogP contribution in [0, 0.1) is 6.92 Å². The van der Waals surface area contributed by atoms with Crippen LogP contribution in [-0.4, -0.2) is 29.5 Å². The number of aromatic amines is 1. The standard InChI is InChI=1S/C31H26F6N2O3/c1-17-3-2-4-22-23-15-16-38-29(41)28(42-24(40)14-7-18-5-10-20(11-6-18)30(32,33)34)25(27(23)39-26(17)22)19-8-12-21(13-9-19)31(35,36)37/h2-6,8-13,25,28,39H,7,14-16H2,1H3,(H,38,41)/t25-,28+/m1/s1. The van der Waals surface area contributed by atoms with Crippen LogP contribution in [0.25, 0.3) is 10.9 Å². The highest BCUT2D eigenvalue weighted by atomic mass is 19.4. The van der Waals surface area contributed by atoms with Gasteiger partial charge in [-0.2, -0.15) is 26.3 Å². The summed E-state index contributed by atoms with van der Waals surface area (Å²) in [4.78, 5) is 29.7. The van der Waals surface area contributed by atoms with Gasteiger partial charge in [-0.05, 0) is 66.3 Å². The maximum Gasteiger partial charge on any atom is 0.416 e. The van der Waals surface area contributed by atoms with E-state index in [-0.39, 0.29) is 19.4 Å². The fraction of sp³-hybridized carbons (Fsp3) is 0.290. The summed E-state index contributed by atoms with van der Waals surface area (Å²) in [6.07, 6.45) is -10.2. The van der Waals surface area contributed by atoms with E-state index in [2.05, 4.69) is 10.3 Å². The lowest BCUT2D eigenvalue weighted by molar-refractivity contribution is -0.157. The normalized spacial score (nSPS) is 17.7. The molecule has 11 heteroatoms. The molecule has 0 radical (unpaired) electrons. The number of hydrogen-bond donors (Lipinski definition) is 2. The van der Waals surface area contributed by atoms with E-state index in [4.69, 9.17) is 4.74 Å². The number of amides is 1. The Kier molecular flexibility index (Phi) is 7.78. The highest BCUT2D eigenvalue weighted by molar-refractivity contribution is 5.90. The van der Waals surface area contributed by atoms with Crippen LogP contribution in [0.4, 0.5) is 26.3 Å². The van der Waals surface area contributed by atoms with Crippen LogP contribution in [0.3, 0.4) is 0 Å². The van der Waals surface area contributed by atoms with Crippen molar-refractivity contribution in [3.8, 4) is 0 Å². The van der Waals surface area contributed by atoms with E-state index >= 15 is 0 Å². The lowest BCUT2D eigenvalue weighted by atomic mass is 9.85. The summed E-state index contributed by atoms with van der Waals surface area (Å²) in [5, 5.41) is 3.66. The third-order valence-electron chi connectivity index (χ3n) is 7.48. The van der Waals surface area contributed by atoms with Gasteiger partial charge in [0, 0.05) is 29.6 Å². The second kappa shape index (κ2) is 11.2. The van der Waals surface area contributed by atoms with Crippen molar-refractivity contribution in [3.63, 3.8) is 0 Å². The van der Waals surface area contributed by atoms with Crippen LogP contribution in [-0.2, 0) is 39.5 Å². The van der Waals surface area contributed by atoms with Crippen molar-refractivity contribution in [2.45, 2.75) is 50.6 Å². The van der Waals surface area contributed by atoms with Crippen molar-refractivity contribution < 1.29 is 40.7 Å². The maximum atomic E-state index is 13.3. The Balaban J connectivity index is 1.49. The number of fused-ring (bicyclic) bond motifs is 3. The van der Waals surface area contributed by atoms with Crippen LogP contribution < -0.4 is 5.32 Å². The number of hydrogen-bond acceptors (Lipinski definition) is 3. The molecule has 0 saturated carbocycles. The Morgan fingerprint density at radius 3 is 2.14 bits per heavy atom. The first kappa shape index (κ1) is 29.2. The number of carbonyl (C=O) groups is 2. The minimum Gasteiger partial charge on any atom is -0.451 e. The number of aromatic nitrogens is 1. The molecule has 3 aromatic carbocycles. The highest BCUT2D eigenvalue weighted by Gasteiger charge is 2.39. The second-order valence-electron chi connectivity index (χ2n) is 10.3. The Bertz CT molecular complexity index is 1610. The molecule has 1 aliphatic rings. The Labute approximate surface area is 236 Å². The van der Waals surface area contributed by atoms with Gasteiger partial charge in [0.15, 0.2) is 6.10 Å².